The molecule has 0 spiro atoms. The molecule has 0 aromatic heterocycles. The molecule has 0 heterocycles. The molecule has 508 valence electrons. The van der Waals surface area contributed by atoms with E-state index in [1.807, 2.05) is 6.08 Å². The number of ether oxygens (including phenoxy) is 1. The van der Waals surface area contributed by atoms with Gasteiger partial charge in [0, 0.05) is 12.8 Å². The Morgan fingerprint density at radius 3 is 0.826 bits per heavy atom. The maximum Gasteiger partial charge on any atom is 0.305 e. The summed E-state index contributed by atoms with van der Waals surface area (Å²) in [6.07, 6.45) is 98.3. The van der Waals surface area contributed by atoms with Gasteiger partial charge in [-0.2, -0.15) is 0 Å². The first kappa shape index (κ1) is 84.1. The molecule has 2 unspecified atom stereocenters. The van der Waals surface area contributed by atoms with Crippen LogP contribution in [0.1, 0.15) is 438 Å². The van der Waals surface area contributed by atoms with Gasteiger partial charge in [-0.3, -0.25) is 9.59 Å². The van der Waals surface area contributed by atoms with Crippen LogP contribution in [0.2, 0.25) is 0 Å². The summed E-state index contributed by atoms with van der Waals surface area (Å²) in [6, 6.07) is -0.631. The summed E-state index contributed by atoms with van der Waals surface area (Å²) in [7, 11) is 0. The number of aliphatic hydroxyl groups is 2. The number of aliphatic hydroxyl groups excluding tert-OH is 2. The number of esters is 1. The summed E-state index contributed by atoms with van der Waals surface area (Å²) in [6.45, 7) is 4.94. The van der Waals surface area contributed by atoms with Gasteiger partial charge in [0.1, 0.15) is 0 Å². The van der Waals surface area contributed by atoms with Crippen LogP contribution in [0.15, 0.2) is 36.5 Å². The van der Waals surface area contributed by atoms with Crippen molar-refractivity contribution in [1.82, 2.24) is 5.32 Å². The first-order chi connectivity index (χ1) is 42.5. The first-order valence-electron chi connectivity index (χ1n) is 39.3. The van der Waals surface area contributed by atoms with Gasteiger partial charge in [-0.25, -0.2) is 0 Å². The summed E-state index contributed by atoms with van der Waals surface area (Å²) in [5.74, 6) is -0.0517. The number of hydrogen-bond donors (Lipinski definition) is 3. The van der Waals surface area contributed by atoms with E-state index in [9.17, 15) is 19.8 Å². The SMILES string of the molecule is CCCCCCCC/C=C\CCCCCCCCCC(=O)OCCCCCCCCCCCCCC/C=C\CCCCCCCCCCCCCC(=O)NC(CO)C(O)/C=C/CCCCCCCCCCCCCCCCCCCCCCCCC. The number of carbonyl (C=O) groups excluding carboxylic acids is 2. The van der Waals surface area contributed by atoms with Crippen LogP contribution in [0.3, 0.4) is 0 Å². The molecule has 6 nitrogen and oxygen atoms in total. The molecular weight excluding hydrogens is 1050 g/mol. The van der Waals surface area contributed by atoms with Crippen molar-refractivity contribution in [2.24, 2.45) is 0 Å². The van der Waals surface area contributed by atoms with Crippen molar-refractivity contribution in [2.45, 2.75) is 450 Å². The van der Waals surface area contributed by atoms with Gasteiger partial charge in [-0.05, 0) is 83.5 Å². The van der Waals surface area contributed by atoms with Crippen molar-refractivity contribution in [3.63, 3.8) is 0 Å². The number of carbonyl (C=O) groups is 2. The highest BCUT2D eigenvalue weighted by atomic mass is 16.5. The summed E-state index contributed by atoms with van der Waals surface area (Å²) >= 11 is 0. The van der Waals surface area contributed by atoms with Crippen LogP contribution in [0.25, 0.3) is 0 Å². The smallest absolute Gasteiger partial charge is 0.305 e. The lowest BCUT2D eigenvalue weighted by molar-refractivity contribution is -0.143. The second kappa shape index (κ2) is 75.5. The van der Waals surface area contributed by atoms with Gasteiger partial charge in [0.05, 0.1) is 25.4 Å². The van der Waals surface area contributed by atoms with E-state index in [0.29, 0.717) is 19.4 Å². The predicted molar refractivity (Wildman–Crippen MR) is 379 cm³/mol. The third-order valence-electron chi connectivity index (χ3n) is 18.4. The third kappa shape index (κ3) is 71.2. The molecule has 0 aromatic carbocycles. The zero-order valence-corrected chi connectivity index (χ0v) is 58.3. The number of rotatable bonds is 74. The van der Waals surface area contributed by atoms with Gasteiger partial charge in [0.2, 0.25) is 5.91 Å². The fourth-order valence-corrected chi connectivity index (χ4v) is 12.4. The number of allylic oxidation sites excluding steroid dienone is 5. The van der Waals surface area contributed by atoms with E-state index in [0.717, 1.165) is 44.9 Å². The number of nitrogens with one attached hydrogen (secondary N) is 1. The lowest BCUT2D eigenvalue weighted by atomic mass is 10.0. The molecule has 0 saturated carbocycles. The Kier molecular flexibility index (Phi) is 73.9. The standard InChI is InChI=1S/C80H153NO5/c1-3-5-7-9-11-13-15-17-19-21-22-23-24-28-31-34-37-41-44-48-52-56-60-64-68-72-78(83)77(76-82)81-79(84)73-69-65-61-57-53-49-45-42-38-35-32-29-26-25-27-30-33-36-39-43-47-51-55-59-63-67-71-75-86-80(85)74-70-66-62-58-54-50-46-40-20-18-16-14-12-10-8-6-4-2/h18,20,25-26,68,72,77-78,82-83H,3-17,19,21-24,27-67,69-71,73-76H2,1-2H3,(H,81,84)/b20-18-,26-25-,72-68+. The van der Waals surface area contributed by atoms with Gasteiger partial charge in [0.15, 0.2) is 0 Å². The molecule has 0 bridgehead atoms. The molecular formula is C80H153NO5. The van der Waals surface area contributed by atoms with Gasteiger partial charge < -0.3 is 20.3 Å². The Hall–Kier alpha value is -1.92. The molecule has 0 aliphatic heterocycles. The number of amides is 1. The highest BCUT2D eigenvalue weighted by Crippen LogP contribution is 2.19. The average molecular weight is 1210 g/mol. The van der Waals surface area contributed by atoms with Crippen LogP contribution in [-0.4, -0.2) is 47.4 Å². The maximum absolute atomic E-state index is 12.6. The van der Waals surface area contributed by atoms with Crippen molar-refractivity contribution in [2.75, 3.05) is 13.2 Å². The third-order valence-corrected chi connectivity index (χ3v) is 18.4. The molecule has 86 heavy (non-hydrogen) atoms. The minimum Gasteiger partial charge on any atom is -0.466 e. The lowest BCUT2D eigenvalue weighted by Crippen LogP contribution is -2.45. The van der Waals surface area contributed by atoms with Gasteiger partial charge in [-0.1, -0.05) is 378 Å². The molecule has 0 fully saturated rings. The minimum atomic E-state index is -0.847. The van der Waals surface area contributed by atoms with E-state index in [1.165, 1.54) is 366 Å². The Labute approximate surface area is 538 Å². The molecule has 1 amide bonds. The van der Waals surface area contributed by atoms with Crippen molar-refractivity contribution < 1.29 is 24.5 Å². The normalized spacial score (nSPS) is 12.7. The highest BCUT2D eigenvalue weighted by Gasteiger charge is 2.18. The number of hydrogen-bond acceptors (Lipinski definition) is 5. The fourth-order valence-electron chi connectivity index (χ4n) is 12.4. The topological polar surface area (TPSA) is 95.9 Å². The summed E-state index contributed by atoms with van der Waals surface area (Å²) in [5, 5.41) is 23.3. The van der Waals surface area contributed by atoms with E-state index < -0.39 is 12.1 Å². The minimum absolute atomic E-state index is 0.0123. The first-order valence-corrected chi connectivity index (χ1v) is 39.3. The summed E-state index contributed by atoms with van der Waals surface area (Å²) < 4.78 is 5.50. The van der Waals surface area contributed by atoms with Crippen molar-refractivity contribution in [1.29, 1.82) is 0 Å². The zero-order valence-electron chi connectivity index (χ0n) is 58.3. The Bertz CT molecular complexity index is 1390. The Morgan fingerprint density at radius 1 is 0.314 bits per heavy atom. The van der Waals surface area contributed by atoms with E-state index in [4.69, 9.17) is 4.74 Å². The molecule has 0 aliphatic carbocycles. The van der Waals surface area contributed by atoms with E-state index >= 15 is 0 Å². The van der Waals surface area contributed by atoms with Crippen LogP contribution in [0.4, 0.5) is 0 Å². The maximum atomic E-state index is 12.6. The van der Waals surface area contributed by atoms with Crippen molar-refractivity contribution in [3.8, 4) is 0 Å². The number of unbranched alkanes of at least 4 members (excludes halogenated alkanes) is 59. The van der Waals surface area contributed by atoms with Crippen LogP contribution >= 0.6 is 0 Å². The van der Waals surface area contributed by atoms with Gasteiger partial charge >= 0.3 is 5.97 Å². The fraction of sp³-hybridized carbons (Fsp3) is 0.900. The molecule has 0 saturated heterocycles. The van der Waals surface area contributed by atoms with Crippen molar-refractivity contribution in [3.05, 3.63) is 36.5 Å². The second-order valence-corrected chi connectivity index (χ2v) is 27.0. The molecule has 0 aromatic rings. The van der Waals surface area contributed by atoms with E-state index in [-0.39, 0.29) is 18.5 Å². The quantitative estimate of drug-likeness (QED) is 0.0320. The predicted octanol–water partition coefficient (Wildman–Crippen LogP) is 25.8. The van der Waals surface area contributed by atoms with Crippen LogP contribution in [0.5, 0.6) is 0 Å². The Morgan fingerprint density at radius 2 is 0.547 bits per heavy atom. The molecule has 6 heteroatoms. The second-order valence-electron chi connectivity index (χ2n) is 27.0. The van der Waals surface area contributed by atoms with E-state index in [2.05, 4.69) is 43.5 Å². The largest absolute Gasteiger partial charge is 0.466 e. The van der Waals surface area contributed by atoms with Crippen molar-refractivity contribution >= 4 is 11.9 Å². The average Bonchev–Trinajstić information content (AvgIpc) is 3.54. The summed E-state index contributed by atoms with van der Waals surface area (Å²) in [5.41, 5.74) is 0. The van der Waals surface area contributed by atoms with Gasteiger partial charge in [0.25, 0.3) is 0 Å². The monoisotopic (exact) mass is 1210 g/mol. The van der Waals surface area contributed by atoms with Crippen LogP contribution < -0.4 is 5.32 Å². The molecule has 0 aliphatic rings. The molecule has 3 N–H and O–H groups in total. The van der Waals surface area contributed by atoms with Gasteiger partial charge in [-0.15, -0.1) is 0 Å². The molecule has 2 atom stereocenters. The van der Waals surface area contributed by atoms with E-state index in [1.54, 1.807) is 6.08 Å². The molecule has 0 rings (SSSR count). The lowest BCUT2D eigenvalue weighted by Gasteiger charge is -2.20. The summed E-state index contributed by atoms with van der Waals surface area (Å²) in [4.78, 5) is 24.7. The Balaban J connectivity index is 3.40. The van der Waals surface area contributed by atoms with Crippen LogP contribution in [-0.2, 0) is 14.3 Å². The molecule has 0 radical (unpaired) electrons. The van der Waals surface area contributed by atoms with Crippen LogP contribution in [0, 0.1) is 0 Å². The highest BCUT2D eigenvalue weighted by molar-refractivity contribution is 5.76. The zero-order chi connectivity index (χ0) is 62.0.